The smallest absolute Gasteiger partial charge is 0.324 e. The van der Waals surface area contributed by atoms with E-state index in [1.807, 2.05) is 22.5 Å². The average Bonchev–Trinajstić information content (AvgIpc) is 3.54. The van der Waals surface area contributed by atoms with Crippen LogP contribution < -0.4 is 26.4 Å². The van der Waals surface area contributed by atoms with Gasteiger partial charge in [0.1, 0.15) is 22.3 Å². The third-order valence-corrected chi connectivity index (χ3v) is 6.89. The van der Waals surface area contributed by atoms with E-state index in [1.54, 1.807) is 0 Å². The standard InChI is InChI=1S/C19H16N8O3S2/c20-8-10-13(11-2-1-7-31-11)14-15(21)16(32-19(14)24-17(10)22)18(28)23-12-9-27(25-30-12)26-3-5-29-6-4-26/h1-2,7,9H,3-6H2,(H4-,21,22,23,24,25,28). The molecular formula is C19H16N8O3S2. The van der Waals surface area contributed by atoms with Crippen LogP contribution in [0.15, 0.2) is 33.2 Å². The summed E-state index contributed by atoms with van der Waals surface area (Å²) < 4.78 is 10.5. The third-order valence-electron chi connectivity index (χ3n) is 4.91. The molecule has 162 valence electrons. The number of fused-ring (bicyclic) bond motifs is 1. The van der Waals surface area contributed by atoms with E-state index < -0.39 is 5.90 Å². The minimum atomic E-state index is -0.593. The molecule has 1 aliphatic heterocycles. The van der Waals surface area contributed by atoms with Gasteiger partial charge in [0, 0.05) is 21.7 Å². The Balaban J connectivity index is 1.58. The van der Waals surface area contributed by atoms with Crippen LogP contribution in [0.4, 0.5) is 17.4 Å². The molecule has 5 rings (SSSR count). The van der Waals surface area contributed by atoms with Gasteiger partial charge in [-0.15, -0.1) is 27.7 Å². The van der Waals surface area contributed by atoms with Gasteiger partial charge in [0.15, 0.2) is 0 Å². The highest BCUT2D eigenvalue weighted by Crippen LogP contribution is 2.43. The highest BCUT2D eigenvalue weighted by atomic mass is 32.1. The lowest BCUT2D eigenvalue weighted by Crippen LogP contribution is -2.62. The summed E-state index contributed by atoms with van der Waals surface area (Å²) in [5, 5.41) is 30.8. The third kappa shape index (κ3) is 3.40. The van der Waals surface area contributed by atoms with Crippen LogP contribution in [0.25, 0.3) is 20.7 Å². The van der Waals surface area contributed by atoms with Gasteiger partial charge in [-0.3, -0.25) is 4.52 Å². The fourth-order valence-electron chi connectivity index (χ4n) is 3.43. The number of hydrogen-bond donors (Lipinski definition) is 2. The topological polar surface area (TPSA) is 167 Å². The van der Waals surface area contributed by atoms with Crippen molar-refractivity contribution in [1.82, 2.24) is 10.3 Å². The number of hydrogen-bond acceptors (Lipinski definition) is 12. The number of nitrogens with two attached hydrogens (primary N) is 2. The van der Waals surface area contributed by atoms with E-state index in [0.29, 0.717) is 42.1 Å². The van der Waals surface area contributed by atoms with Crippen molar-refractivity contribution >= 4 is 56.2 Å². The normalized spacial score (nSPS) is 14.7. The summed E-state index contributed by atoms with van der Waals surface area (Å²) in [6.07, 6.45) is 1.52. The van der Waals surface area contributed by atoms with Crippen molar-refractivity contribution in [3.63, 3.8) is 0 Å². The second kappa shape index (κ2) is 8.08. The molecule has 0 aromatic carbocycles. The molecular weight excluding hydrogens is 452 g/mol. The molecule has 5 heterocycles. The number of ether oxygens (including phenoxy) is 1. The van der Waals surface area contributed by atoms with Gasteiger partial charge in [-0.25, -0.2) is 9.98 Å². The average molecular weight is 469 g/mol. The van der Waals surface area contributed by atoms with Crippen LogP contribution in [0.1, 0.15) is 10.4 Å². The van der Waals surface area contributed by atoms with Crippen molar-refractivity contribution in [1.29, 1.82) is 5.26 Å². The molecule has 0 spiro atoms. The molecule has 1 fully saturated rings. The Hall–Kier alpha value is -3.73. The number of morpholine rings is 1. The summed E-state index contributed by atoms with van der Waals surface area (Å²) in [5.74, 6) is -0.464. The molecule has 1 saturated heterocycles. The first kappa shape index (κ1) is 20.2. The first-order chi connectivity index (χ1) is 15.6. The molecule has 0 bridgehead atoms. The van der Waals surface area contributed by atoms with Crippen LogP contribution in [-0.2, 0) is 4.74 Å². The van der Waals surface area contributed by atoms with Gasteiger partial charge in [-0.1, -0.05) is 6.07 Å². The van der Waals surface area contributed by atoms with Gasteiger partial charge in [-0.05, 0) is 11.4 Å². The van der Waals surface area contributed by atoms with Crippen molar-refractivity contribution in [3.8, 4) is 16.5 Å². The Morgan fingerprint density at radius 2 is 2.16 bits per heavy atom. The number of nitrogens with zero attached hydrogens (tertiary/aromatic N) is 6. The van der Waals surface area contributed by atoms with E-state index in [1.165, 1.54) is 22.3 Å². The second-order valence-electron chi connectivity index (χ2n) is 6.80. The van der Waals surface area contributed by atoms with E-state index >= 15 is 0 Å². The van der Waals surface area contributed by atoms with Crippen molar-refractivity contribution < 1.29 is 19.2 Å². The monoisotopic (exact) mass is 468 g/mol. The van der Waals surface area contributed by atoms with Crippen molar-refractivity contribution in [2.75, 3.05) is 42.8 Å². The number of nitrogen functional groups attached to an aromatic ring is 2. The lowest BCUT2D eigenvalue weighted by atomic mass is 10.0. The minimum absolute atomic E-state index is 0.0435. The lowest BCUT2D eigenvalue weighted by molar-refractivity contribution is -0.759. The minimum Gasteiger partial charge on any atom is -0.857 e. The van der Waals surface area contributed by atoms with Gasteiger partial charge in [0.25, 0.3) is 6.20 Å². The Labute approximate surface area is 189 Å². The molecule has 11 nitrogen and oxygen atoms in total. The zero-order valence-corrected chi connectivity index (χ0v) is 18.2. The predicted octanol–water partition coefficient (Wildman–Crippen LogP) is 0.743. The number of pyridine rings is 1. The molecule has 0 atom stereocenters. The number of nitriles is 1. The maximum Gasteiger partial charge on any atom is 0.324 e. The molecule has 13 heteroatoms. The van der Waals surface area contributed by atoms with Crippen molar-refractivity contribution in [2.24, 2.45) is 4.99 Å². The molecule has 0 unspecified atom stereocenters. The number of thiophene rings is 2. The summed E-state index contributed by atoms with van der Waals surface area (Å²) >= 11 is 2.51. The summed E-state index contributed by atoms with van der Waals surface area (Å²) in [7, 11) is 0. The van der Waals surface area contributed by atoms with Gasteiger partial charge in [-0.2, -0.15) is 5.26 Å². The van der Waals surface area contributed by atoms with E-state index in [9.17, 15) is 10.4 Å². The largest absolute Gasteiger partial charge is 0.857 e. The van der Waals surface area contributed by atoms with Gasteiger partial charge >= 0.3 is 5.88 Å². The van der Waals surface area contributed by atoms with Crippen LogP contribution in [0.5, 0.6) is 0 Å². The van der Waals surface area contributed by atoms with E-state index in [4.69, 9.17) is 20.7 Å². The van der Waals surface area contributed by atoms with Gasteiger partial charge in [0.2, 0.25) is 5.27 Å². The Morgan fingerprint density at radius 1 is 1.34 bits per heavy atom. The molecule has 1 aliphatic rings. The second-order valence-corrected chi connectivity index (χ2v) is 8.75. The van der Waals surface area contributed by atoms with Crippen LogP contribution >= 0.6 is 22.7 Å². The number of aliphatic imine (C=N–C) groups is 1. The molecule has 0 amide bonds. The Morgan fingerprint density at radius 3 is 2.88 bits per heavy atom. The highest BCUT2D eigenvalue weighted by molar-refractivity contribution is 7.21. The molecule has 4 N–H and O–H groups in total. The van der Waals surface area contributed by atoms with Crippen molar-refractivity contribution in [2.45, 2.75) is 0 Å². The fourth-order valence-corrected chi connectivity index (χ4v) is 5.21. The predicted molar refractivity (Wildman–Crippen MR) is 118 cm³/mol. The van der Waals surface area contributed by atoms with E-state index in [-0.39, 0.29) is 27.8 Å². The van der Waals surface area contributed by atoms with Crippen LogP contribution in [0.2, 0.25) is 0 Å². The number of aromatic nitrogens is 3. The zero-order valence-electron chi connectivity index (χ0n) is 16.5. The van der Waals surface area contributed by atoms with Gasteiger partial charge in [0.05, 0.1) is 41.7 Å². The quantitative estimate of drug-likeness (QED) is 0.249. The number of anilines is 2. The van der Waals surface area contributed by atoms with Gasteiger partial charge < -0.3 is 21.3 Å². The Bertz CT molecular complexity index is 1360. The van der Waals surface area contributed by atoms with Crippen LogP contribution in [0.3, 0.4) is 0 Å². The van der Waals surface area contributed by atoms with Crippen molar-refractivity contribution in [3.05, 3.63) is 34.2 Å². The highest BCUT2D eigenvalue weighted by Gasteiger charge is 2.24. The van der Waals surface area contributed by atoms with Crippen LogP contribution in [0, 0.1) is 11.3 Å². The SMILES string of the molecule is N#Cc1c(N)nc2sc(/C([O-])=N/c3c[n+](N4CCOCC4)no3)c(N)c2c1-c1cccs1. The number of rotatable bonds is 4. The summed E-state index contributed by atoms with van der Waals surface area (Å²) in [6.45, 7) is 2.45. The lowest BCUT2D eigenvalue weighted by Gasteiger charge is -2.18. The zero-order chi connectivity index (χ0) is 22.2. The molecule has 4 aromatic rings. The molecule has 0 saturated carbocycles. The van der Waals surface area contributed by atoms with Crippen LogP contribution in [-0.4, -0.2) is 42.5 Å². The first-order valence-electron chi connectivity index (χ1n) is 9.50. The summed E-state index contributed by atoms with van der Waals surface area (Å²) in [4.78, 5) is 11.3. The maximum absolute atomic E-state index is 12.9. The summed E-state index contributed by atoms with van der Waals surface area (Å²) in [5.41, 5.74) is 13.4. The first-order valence-corrected chi connectivity index (χ1v) is 11.2. The molecule has 0 aliphatic carbocycles. The molecule has 32 heavy (non-hydrogen) atoms. The Kier molecular flexibility index (Phi) is 5.10. The molecule has 4 aromatic heterocycles. The molecule has 0 radical (unpaired) electrons. The van der Waals surface area contributed by atoms with E-state index in [2.05, 4.69) is 21.3 Å². The van der Waals surface area contributed by atoms with E-state index in [0.717, 1.165) is 16.2 Å². The maximum atomic E-state index is 12.9. The fraction of sp³-hybridized carbons (Fsp3) is 0.211. The summed E-state index contributed by atoms with van der Waals surface area (Å²) in [6, 6.07) is 5.83.